The minimum Gasteiger partial charge on any atom is -0.497 e. The van der Waals surface area contributed by atoms with Gasteiger partial charge in [0.15, 0.2) is 5.82 Å². The zero-order valence-corrected chi connectivity index (χ0v) is 14.6. The van der Waals surface area contributed by atoms with Gasteiger partial charge in [-0.25, -0.2) is 15.0 Å². The molecule has 0 unspecified atom stereocenters. The topological polar surface area (TPSA) is 47.9 Å². The summed E-state index contributed by atoms with van der Waals surface area (Å²) < 4.78 is 5.21. The third-order valence-electron chi connectivity index (χ3n) is 3.33. The number of nitrogens with zero attached hydrogens (tertiary/aromatic N) is 3. The molecule has 0 aliphatic carbocycles. The molecule has 0 aliphatic rings. The molecule has 4 nitrogen and oxygen atoms in total. The van der Waals surface area contributed by atoms with Crippen molar-refractivity contribution in [1.82, 2.24) is 15.0 Å². The Labute approximate surface area is 133 Å². The van der Waals surface area contributed by atoms with Gasteiger partial charge in [-0.2, -0.15) is 0 Å². The summed E-state index contributed by atoms with van der Waals surface area (Å²) in [5.74, 6) is 3.17. The van der Waals surface area contributed by atoms with E-state index < -0.39 is 0 Å². The molecule has 4 heteroatoms. The molecule has 22 heavy (non-hydrogen) atoms. The normalized spacial score (nSPS) is 12.3. The Morgan fingerprint density at radius 3 is 1.55 bits per heavy atom. The van der Waals surface area contributed by atoms with Crippen molar-refractivity contribution >= 4 is 0 Å². The smallest absolute Gasteiger partial charge is 0.163 e. The van der Waals surface area contributed by atoms with Crippen LogP contribution in [0.2, 0.25) is 0 Å². The molecule has 0 bridgehead atoms. The second-order valence-corrected chi connectivity index (χ2v) is 7.53. The molecular weight excluding hydrogens is 274 g/mol. The summed E-state index contributed by atoms with van der Waals surface area (Å²) in [7, 11) is 1.66. The Balaban J connectivity index is 2.59. The number of hydrogen-bond donors (Lipinski definition) is 0. The molecule has 0 spiro atoms. The van der Waals surface area contributed by atoms with E-state index in [9.17, 15) is 0 Å². The molecule has 118 valence electrons. The van der Waals surface area contributed by atoms with Crippen molar-refractivity contribution in [2.24, 2.45) is 0 Å². The molecule has 1 aromatic heterocycles. The number of ether oxygens (including phenoxy) is 1. The van der Waals surface area contributed by atoms with Crippen LogP contribution in [-0.4, -0.2) is 22.1 Å². The standard InChI is InChI=1S/C18H25N3O/c1-17(2,3)15-19-14(20-16(21-15)18(4,5)6)12-8-10-13(22-7)11-9-12/h8-11H,1-7H3. The lowest BCUT2D eigenvalue weighted by Gasteiger charge is -2.22. The average molecular weight is 299 g/mol. The lowest BCUT2D eigenvalue weighted by Crippen LogP contribution is -2.24. The lowest BCUT2D eigenvalue weighted by atomic mass is 9.93. The molecule has 0 saturated carbocycles. The van der Waals surface area contributed by atoms with Gasteiger partial charge in [-0.15, -0.1) is 0 Å². The quantitative estimate of drug-likeness (QED) is 0.836. The van der Waals surface area contributed by atoms with E-state index in [-0.39, 0.29) is 10.8 Å². The monoisotopic (exact) mass is 299 g/mol. The Hall–Kier alpha value is -1.97. The Morgan fingerprint density at radius 2 is 1.18 bits per heavy atom. The van der Waals surface area contributed by atoms with Gasteiger partial charge in [0.25, 0.3) is 0 Å². The minimum absolute atomic E-state index is 0.121. The molecular formula is C18H25N3O. The Kier molecular flexibility index (Phi) is 4.23. The Morgan fingerprint density at radius 1 is 0.727 bits per heavy atom. The third kappa shape index (κ3) is 3.62. The van der Waals surface area contributed by atoms with Crippen LogP contribution in [0.1, 0.15) is 53.2 Å². The highest BCUT2D eigenvalue weighted by molar-refractivity contribution is 5.56. The van der Waals surface area contributed by atoms with Gasteiger partial charge in [-0.1, -0.05) is 41.5 Å². The van der Waals surface area contributed by atoms with Crippen LogP contribution in [0.3, 0.4) is 0 Å². The molecule has 0 N–H and O–H groups in total. The maximum Gasteiger partial charge on any atom is 0.163 e. The van der Waals surface area contributed by atoms with E-state index in [1.165, 1.54) is 0 Å². The van der Waals surface area contributed by atoms with Crippen molar-refractivity contribution in [2.45, 2.75) is 52.4 Å². The SMILES string of the molecule is COc1ccc(-c2nc(C(C)(C)C)nc(C(C)(C)C)n2)cc1. The fourth-order valence-electron chi connectivity index (χ4n) is 1.92. The zero-order valence-electron chi connectivity index (χ0n) is 14.6. The molecule has 0 radical (unpaired) electrons. The van der Waals surface area contributed by atoms with Gasteiger partial charge in [0.2, 0.25) is 0 Å². The number of rotatable bonds is 2. The Bertz CT molecular complexity index is 617. The van der Waals surface area contributed by atoms with Gasteiger partial charge < -0.3 is 4.74 Å². The van der Waals surface area contributed by atoms with Crippen LogP contribution in [0.5, 0.6) is 5.75 Å². The fraction of sp³-hybridized carbons (Fsp3) is 0.500. The van der Waals surface area contributed by atoms with E-state index in [1.807, 2.05) is 24.3 Å². The van der Waals surface area contributed by atoms with E-state index in [0.29, 0.717) is 5.82 Å². The summed E-state index contributed by atoms with van der Waals surface area (Å²) in [6.45, 7) is 12.7. The summed E-state index contributed by atoms with van der Waals surface area (Å²) in [4.78, 5) is 14.1. The molecule has 2 aromatic rings. The van der Waals surface area contributed by atoms with Crippen molar-refractivity contribution in [2.75, 3.05) is 7.11 Å². The number of methoxy groups -OCH3 is 1. The van der Waals surface area contributed by atoms with Crippen LogP contribution in [0, 0.1) is 0 Å². The number of aromatic nitrogens is 3. The highest BCUT2D eigenvalue weighted by Crippen LogP contribution is 2.27. The third-order valence-corrected chi connectivity index (χ3v) is 3.33. The molecule has 0 saturated heterocycles. The van der Waals surface area contributed by atoms with Gasteiger partial charge in [0.1, 0.15) is 17.4 Å². The van der Waals surface area contributed by atoms with Crippen molar-refractivity contribution in [3.8, 4) is 17.1 Å². The molecule has 0 amide bonds. The van der Waals surface area contributed by atoms with Crippen LogP contribution in [0.15, 0.2) is 24.3 Å². The summed E-state index contributed by atoms with van der Waals surface area (Å²) in [6.07, 6.45) is 0. The van der Waals surface area contributed by atoms with Crippen molar-refractivity contribution in [3.05, 3.63) is 35.9 Å². The van der Waals surface area contributed by atoms with Crippen molar-refractivity contribution in [1.29, 1.82) is 0 Å². The zero-order chi connectivity index (χ0) is 16.5. The van der Waals surface area contributed by atoms with Gasteiger partial charge in [-0.3, -0.25) is 0 Å². The van der Waals surface area contributed by atoms with Crippen LogP contribution >= 0.6 is 0 Å². The molecule has 2 rings (SSSR count). The van der Waals surface area contributed by atoms with E-state index in [2.05, 4.69) is 56.5 Å². The predicted octanol–water partition coefficient (Wildman–Crippen LogP) is 4.14. The summed E-state index contributed by atoms with van der Waals surface area (Å²) >= 11 is 0. The van der Waals surface area contributed by atoms with Gasteiger partial charge >= 0.3 is 0 Å². The van der Waals surface area contributed by atoms with Crippen LogP contribution in [0.4, 0.5) is 0 Å². The summed E-state index contributed by atoms with van der Waals surface area (Å²) in [5.41, 5.74) is 0.730. The van der Waals surface area contributed by atoms with E-state index >= 15 is 0 Å². The average Bonchev–Trinajstić information content (AvgIpc) is 2.45. The van der Waals surface area contributed by atoms with Crippen LogP contribution < -0.4 is 4.74 Å². The maximum absolute atomic E-state index is 5.21. The first-order valence-corrected chi connectivity index (χ1v) is 7.53. The van der Waals surface area contributed by atoms with E-state index in [4.69, 9.17) is 4.74 Å². The van der Waals surface area contributed by atoms with E-state index in [1.54, 1.807) is 7.11 Å². The second-order valence-electron chi connectivity index (χ2n) is 7.53. The van der Waals surface area contributed by atoms with Crippen LogP contribution in [0.25, 0.3) is 11.4 Å². The molecule has 0 atom stereocenters. The molecule has 1 aromatic carbocycles. The molecule has 0 aliphatic heterocycles. The minimum atomic E-state index is -0.121. The van der Waals surface area contributed by atoms with E-state index in [0.717, 1.165) is 23.0 Å². The van der Waals surface area contributed by atoms with Gasteiger partial charge in [0.05, 0.1) is 7.11 Å². The van der Waals surface area contributed by atoms with Gasteiger partial charge in [0, 0.05) is 16.4 Å². The molecule has 1 heterocycles. The summed E-state index contributed by atoms with van der Waals surface area (Å²) in [6, 6.07) is 7.80. The van der Waals surface area contributed by atoms with Gasteiger partial charge in [-0.05, 0) is 24.3 Å². The summed E-state index contributed by atoms with van der Waals surface area (Å²) in [5, 5.41) is 0. The largest absolute Gasteiger partial charge is 0.497 e. The van der Waals surface area contributed by atoms with Crippen molar-refractivity contribution < 1.29 is 4.74 Å². The van der Waals surface area contributed by atoms with Crippen molar-refractivity contribution in [3.63, 3.8) is 0 Å². The first kappa shape index (κ1) is 16.4. The molecule has 0 fully saturated rings. The maximum atomic E-state index is 5.21. The predicted molar refractivity (Wildman–Crippen MR) is 89.2 cm³/mol. The first-order valence-electron chi connectivity index (χ1n) is 7.53. The second kappa shape index (κ2) is 5.67. The lowest BCUT2D eigenvalue weighted by molar-refractivity contribution is 0.415. The number of hydrogen-bond acceptors (Lipinski definition) is 4. The fourth-order valence-corrected chi connectivity index (χ4v) is 1.92. The van der Waals surface area contributed by atoms with Crippen LogP contribution in [-0.2, 0) is 10.8 Å². The highest BCUT2D eigenvalue weighted by atomic mass is 16.5. The highest BCUT2D eigenvalue weighted by Gasteiger charge is 2.25. The number of benzene rings is 1. The first-order chi connectivity index (χ1) is 10.1.